The number of carbonyl (C=O) groups excluding carboxylic acids is 1. The summed E-state index contributed by atoms with van der Waals surface area (Å²) in [5.74, 6) is -1.03. The molecule has 0 N–H and O–H groups in total. The monoisotopic (exact) mass is 264 g/mol. The molecule has 0 spiro atoms. The fraction of sp³-hybridized carbons (Fsp3) is 0.727. The van der Waals surface area contributed by atoms with E-state index in [0.29, 0.717) is 0 Å². The van der Waals surface area contributed by atoms with Gasteiger partial charge < -0.3 is 9.26 Å². The second-order valence-electron chi connectivity index (χ2n) is 4.84. The fourth-order valence-corrected chi connectivity index (χ4v) is 1.94. The van der Waals surface area contributed by atoms with Gasteiger partial charge in [0.15, 0.2) is 0 Å². The van der Waals surface area contributed by atoms with Gasteiger partial charge in [0, 0.05) is 6.66 Å². The van der Waals surface area contributed by atoms with Gasteiger partial charge in [0.05, 0.1) is 13.2 Å². The normalized spacial score (nSPS) is 14.9. The first-order valence-corrected chi connectivity index (χ1v) is 7.34. The molecule has 0 aromatic rings. The Morgan fingerprint density at radius 2 is 1.88 bits per heavy atom. The van der Waals surface area contributed by atoms with E-state index >= 15 is 0 Å². The molecule has 0 amide bonds. The van der Waals surface area contributed by atoms with Crippen molar-refractivity contribution in [2.24, 2.45) is 5.41 Å². The highest BCUT2D eigenvalue weighted by atomic mass is 31.2. The van der Waals surface area contributed by atoms with Gasteiger partial charge in [-0.1, -0.05) is 20.8 Å². The van der Waals surface area contributed by atoms with Gasteiger partial charge in [0.1, 0.15) is 0 Å². The van der Waals surface area contributed by atoms with E-state index in [0.717, 1.165) is 0 Å². The third kappa shape index (κ3) is 8.00. The zero-order valence-corrected chi connectivity index (χ0v) is 12.0. The molecular formula is C11H21O5P. The van der Waals surface area contributed by atoms with Crippen LogP contribution in [0.3, 0.4) is 0 Å². The molecule has 6 heteroatoms. The first-order valence-electron chi connectivity index (χ1n) is 5.35. The van der Waals surface area contributed by atoms with Gasteiger partial charge in [-0.05, 0) is 18.9 Å². The van der Waals surface area contributed by atoms with E-state index in [1.165, 1.54) is 6.66 Å². The highest BCUT2D eigenvalue weighted by Gasteiger charge is 2.25. The summed E-state index contributed by atoms with van der Waals surface area (Å²) in [6.45, 7) is 12.6. The van der Waals surface area contributed by atoms with Crippen LogP contribution in [0.25, 0.3) is 0 Å². The van der Waals surface area contributed by atoms with Crippen molar-refractivity contribution in [3.63, 3.8) is 0 Å². The Balaban J connectivity index is 4.31. The molecule has 0 saturated heterocycles. The maximum atomic E-state index is 11.9. The molecule has 5 nitrogen and oxygen atoms in total. The van der Waals surface area contributed by atoms with Crippen LogP contribution in [0, 0.1) is 5.41 Å². The molecule has 0 saturated carbocycles. The van der Waals surface area contributed by atoms with Crippen LogP contribution in [-0.2, 0) is 23.1 Å². The summed E-state index contributed by atoms with van der Waals surface area (Å²) in [5, 5.41) is 0. The largest absolute Gasteiger partial charge is 0.460 e. The van der Waals surface area contributed by atoms with E-state index in [4.69, 9.17) is 9.05 Å². The van der Waals surface area contributed by atoms with Crippen LogP contribution in [0.1, 0.15) is 27.7 Å². The molecule has 1 unspecified atom stereocenters. The predicted octanol–water partition coefficient (Wildman–Crippen LogP) is 2.97. The van der Waals surface area contributed by atoms with E-state index in [-0.39, 0.29) is 24.4 Å². The molecule has 100 valence electrons. The lowest BCUT2D eigenvalue weighted by molar-refractivity contribution is -0.141. The maximum Gasteiger partial charge on any atom is 0.376 e. The highest BCUT2D eigenvalue weighted by Crippen LogP contribution is 2.47. The first-order chi connectivity index (χ1) is 7.57. The Morgan fingerprint density at radius 1 is 1.35 bits per heavy atom. The lowest BCUT2D eigenvalue weighted by Crippen LogP contribution is -2.15. The van der Waals surface area contributed by atoms with Crippen molar-refractivity contribution in [3.05, 3.63) is 12.3 Å². The molecule has 0 rings (SSSR count). The minimum Gasteiger partial charge on any atom is -0.460 e. The van der Waals surface area contributed by atoms with E-state index in [2.05, 4.69) is 11.3 Å². The van der Waals surface area contributed by atoms with Gasteiger partial charge in [0.2, 0.25) is 5.76 Å². The van der Waals surface area contributed by atoms with Gasteiger partial charge in [0.25, 0.3) is 0 Å². The average molecular weight is 264 g/mol. The predicted molar refractivity (Wildman–Crippen MR) is 65.8 cm³/mol. The minimum absolute atomic E-state index is 0.139. The van der Waals surface area contributed by atoms with Crippen LogP contribution in [0.5, 0.6) is 0 Å². The Bertz CT molecular complexity index is 329. The minimum atomic E-state index is -3.32. The Kier molecular flexibility index (Phi) is 5.93. The van der Waals surface area contributed by atoms with Crippen molar-refractivity contribution in [3.8, 4) is 0 Å². The fourth-order valence-electron chi connectivity index (χ4n) is 0.786. The van der Waals surface area contributed by atoms with Gasteiger partial charge >= 0.3 is 13.6 Å². The van der Waals surface area contributed by atoms with Crippen molar-refractivity contribution in [1.82, 2.24) is 0 Å². The molecular weight excluding hydrogens is 243 g/mol. The SMILES string of the molecule is C=C(OP(C)(=O)OCC(C)(C)C)C(=O)OCC. The third-order valence-corrected chi connectivity index (χ3v) is 2.66. The molecule has 0 aliphatic carbocycles. The molecule has 17 heavy (non-hydrogen) atoms. The molecule has 0 bridgehead atoms. The van der Waals surface area contributed by atoms with E-state index < -0.39 is 13.6 Å². The van der Waals surface area contributed by atoms with Gasteiger partial charge in [-0.25, -0.2) is 9.36 Å². The summed E-state index contributed by atoms with van der Waals surface area (Å²) in [4.78, 5) is 11.2. The molecule has 1 atom stereocenters. The van der Waals surface area contributed by atoms with Crippen LogP contribution >= 0.6 is 7.60 Å². The topological polar surface area (TPSA) is 61.8 Å². The van der Waals surface area contributed by atoms with Gasteiger partial charge in [-0.3, -0.25) is 4.52 Å². The molecule has 0 aliphatic heterocycles. The Morgan fingerprint density at radius 3 is 2.29 bits per heavy atom. The smallest absolute Gasteiger partial charge is 0.376 e. The lowest BCUT2D eigenvalue weighted by atomic mass is 9.99. The second kappa shape index (κ2) is 6.22. The number of carbonyl (C=O) groups is 1. The Labute approximate surface area is 103 Å². The van der Waals surface area contributed by atoms with Crippen molar-refractivity contribution in [1.29, 1.82) is 0 Å². The third-order valence-electron chi connectivity index (χ3n) is 1.51. The van der Waals surface area contributed by atoms with E-state index in [1.807, 2.05) is 20.8 Å². The molecule has 0 aliphatic rings. The second-order valence-corrected chi connectivity index (χ2v) is 6.82. The molecule has 0 radical (unpaired) electrons. The zero-order chi connectivity index (χ0) is 13.7. The molecule has 0 fully saturated rings. The summed E-state index contributed by atoms with van der Waals surface area (Å²) in [6, 6.07) is 0. The van der Waals surface area contributed by atoms with Crippen LogP contribution in [-0.4, -0.2) is 25.8 Å². The van der Waals surface area contributed by atoms with Gasteiger partial charge in [-0.2, -0.15) is 0 Å². The highest BCUT2D eigenvalue weighted by molar-refractivity contribution is 7.53. The number of esters is 1. The van der Waals surface area contributed by atoms with Crippen LogP contribution in [0.2, 0.25) is 0 Å². The average Bonchev–Trinajstić information content (AvgIpc) is 2.14. The summed E-state index contributed by atoms with van der Waals surface area (Å²) in [6.07, 6.45) is 0. The quantitative estimate of drug-likeness (QED) is 0.319. The van der Waals surface area contributed by atoms with Crippen molar-refractivity contribution < 1.29 is 23.1 Å². The molecule has 0 aromatic heterocycles. The standard InChI is InChI=1S/C11H21O5P/c1-7-14-10(12)9(2)16-17(6,13)15-8-11(3,4)5/h2,7-8H2,1,3-6H3. The number of ether oxygens (including phenoxy) is 1. The molecule has 0 heterocycles. The van der Waals surface area contributed by atoms with E-state index in [1.54, 1.807) is 6.92 Å². The Hall–Kier alpha value is -0.800. The van der Waals surface area contributed by atoms with Crippen molar-refractivity contribution in [2.75, 3.05) is 19.9 Å². The van der Waals surface area contributed by atoms with Crippen molar-refractivity contribution >= 4 is 13.6 Å². The summed E-state index contributed by atoms with van der Waals surface area (Å²) in [7, 11) is -3.32. The first kappa shape index (κ1) is 16.2. The number of hydrogen-bond donors (Lipinski definition) is 0. The summed E-state index contributed by atoms with van der Waals surface area (Å²) < 4.78 is 26.6. The number of rotatable bonds is 6. The summed E-state index contributed by atoms with van der Waals surface area (Å²) >= 11 is 0. The maximum absolute atomic E-state index is 11.9. The van der Waals surface area contributed by atoms with Crippen LogP contribution in [0.4, 0.5) is 0 Å². The van der Waals surface area contributed by atoms with Crippen LogP contribution < -0.4 is 0 Å². The molecule has 0 aromatic carbocycles. The van der Waals surface area contributed by atoms with Crippen LogP contribution in [0.15, 0.2) is 12.3 Å². The van der Waals surface area contributed by atoms with Crippen molar-refractivity contribution in [2.45, 2.75) is 27.7 Å². The van der Waals surface area contributed by atoms with Gasteiger partial charge in [-0.15, -0.1) is 0 Å². The number of hydrogen-bond acceptors (Lipinski definition) is 5. The summed E-state index contributed by atoms with van der Waals surface area (Å²) in [5.41, 5.74) is -0.139. The van der Waals surface area contributed by atoms with E-state index in [9.17, 15) is 9.36 Å². The lowest BCUT2D eigenvalue weighted by Gasteiger charge is -2.22. The zero-order valence-electron chi connectivity index (χ0n) is 11.1.